The van der Waals surface area contributed by atoms with Crippen molar-refractivity contribution in [2.75, 3.05) is 5.32 Å². The maximum absolute atomic E-state index is 4.55. The van der Waals surface area contributed by atoms with Gasteiger partial charge in [0, 0.05) is 22.9 Å². The smallest absolute Gasteiger partial charge is 0.207 e. The molecular formula is C15H20BrN3. The molecule has 0 fully saturated rings. The molecule has 3 nitrogen and oxygen atoms in total. The molecule has 2 rings (SSSR count). The molecule has 0 saturated heterocycles. The number of anilines is 2. The van der Waals surface area contributed by atoms with E-state index < -0.39 is 0 Å². The van der Waals surface area contributed by atoms with Crippen LogP contribution in [0.5, 0.6) is 0 Å². The van der Waals surface area contributed by atoms with Crippen molar-refractivity contribution in [1.82, 2.24) is 9.55 Å². The second-order valence-electron chi connectivity index (χ2n) is 5.34. The van der Waals surface area contributed by atoms with Crippen LogP contribution in [0.4, 0.5) is 11.6 Å². The summed E-state index contributed by atoms with van der Waals surface area (Å²) in [4.78, 5) is 4.55. The van der Waals surface area contributed by atoms with E-state index in [-0.39, 0.29) is 0 Å². The van der Waals surface area contributed by atoms with Gasteiger partial charge < -0.3 is 9.88 Å². The highest BCUT2D eigenvalue weighted by atomic mass is 79.9. The molecule has 0 aliphatic rings. The number of hydrogen-bond acceptors (Lipinski definition) is 2. The molecule has 0 spiro atoms. The van der Waals surface area contributed by atoms with Crippen molar-refractivity contribution < 1.29 is 0 Å². The molecule has 0 atom stereocenters. The molecule has 1 N–H and O–H groups in total. The third kappa shape index (κ3) is 3.60. The minimum absolute atomic E-state index is 0.596. The summed E-state index contributed by atoms with van der Waals surface area (Å²) in [6.45, 7) is 9.49. The lowest BCUT2D eigenvalue weighted by Gasteiger charge is -2.12. The van der Waals surface area contributed by atoms with Crippen LogP contribution in [-0.2, 0) is 6.54 Å². The number of nitrogens with one attached hydrogen (secondary N) is 1. The van der Waals surface area contributed by atoms with Crippen LogP contribution in [0, 0.1) is 19.8 Å². The molecule has 4 heteroatoms. The van der Waals surface area contributed by atoms with E-state index in [2.05, 4.69) is 76.0 Å². The number of aryl methyl sites for hydroxylation is 2. The largest absolute Gasteiger partial charge is 0.326 e. The molecule has 0 unspecified atom stereocenters. The van der Waals surface area contributed by atoms with Crippen LogP contribution in [0.25, 0.3) is 0 Å². The highest BCUT2D eigenvalue weighted by Gasteiger charge is 2.08. The SMILES string of the molecule is Cc1cn(CC(C)C)c(Nc2ccc(C)c(Br)c2)n1. The number of hydrogen-bond donors (Lipinski definition) is 1. The van der Waals surface area contributed by atoms with E-state index in [1.165, 1.54) is 5.56 Å². The summed E-state index contributed by atoms with van der Waals surface area (Å²) in [5, 5.41) is 3.39. The highest BCUT2D eigenvalue weighted by Crippen LogP contribution is 2.23. The molecule has 0 aliphatic heterocycles. The maximum atomic E-state index is 4.55. The Kier molecular flexibility index (Phi) is 4.30. The van der Waals surface area contributed by atoms with Crippen LogP contribution in [0.2, 0.25) is 0 Å². The first kappa shape index (κ1) is 14.1. The van der Waals surface area contributed by atoms with Crippen molar-refractivity contribution in [3.63, 3.8) is 0 Å². The van der Waals surface area contributed by atoms with Crippen LogP contribution >= 0.6 is 15.9 Å². The molecule has 1 aromatic carbocycles. The topological polar surface area (TPSA) is 29.9 Å². The van der Waals surface area contributed by atoms with Gasteiger partial charge in [-0.15, -0.1) is 0 Å². The Morgan fingerprint density at radius 1 is 1.32 bits per heavy atom. The van der Waals surface area contributed by atoms with Gasteiger partial charge >= 0.3 is 0 Å². The average Bonchev–Trinajstić information content (AvgIpc) is 2.63. The lowest BCUT2D eigenvalue weighted by Crippen LogP contribution is -2.07. The number of rotatable bonds is 4. The predicted molar refractivity (Wildman–Crippen MR) is 84.0 cm³/mol. The number of benzene rings is 1. The molecule has 102 valence electrons. The zero-order chi connectivity index (χ0) is 14.0. The van der Waals surface area contributed by atoms with Gasteiger partial charge in [0.1, 0.15) is 0 Å². The minimum atomic E-state index is 0.596. The molecular weight excluding hydrogens is 302 g/mol. The molecule has 0 saturated carbocycles. The molecule has 0 radical (unpaired) electrons. The van der Waals surface area contributed by atoms with Gasteiger partial charge in [-0.2, -0.15) is 0 Å². The Morgan fingerprint density at radius 2 is 2.05 bits per heavy atom. The van der Waals surface area contributed by atoms with E-state index in [1.54, 1.807) is 0 Å². The van der Waals surface area contributed by atoms with Gasteiger partial charge in [0.15, 0.2) is 0 Å². The van der Waals surface area contributed by atoms with Gasteiger partial charge in [0.2, 0.25) is 5.95 Å². The fourth-order valence-corrected chi connectivity index (χ4v) is 2.36. The minimum Gasteiger partial charge on any atom is -0.326 e. The number of halogens is 1. The Hall–Kier alpha value is -1.29. The average molecular weight is 322 g/mol. The molecule has 1 heterocycles. The fraction of sp³-hybridized carbons (Fsp3) is 0.400. The van der Waals surface area contributed by atoms with Crippen LogP contribution < -0.4 is 5.32 Å². The number of imidazole rings is 1. The van der Waals surface area contributed by atoms with Gasteiger partial charge in [-0.1, -0.05) is 35.8 Å². The van der Waals surface area contributed by atoms with Gasteiger partial charge in [0.25, 0.3) is 0 Å². The summed E-state index contributed by atoms with van der Waals surface area (Å²) >= 11 is 3.56. The van der Waals surface area contributed by atoms with E-state index in [1.807, 2.05) is 6.92 Å². The van der Waals surface area contributed by atoms with Crippen molar-refractivity contribution in [1.29, 1.82) is 0 Å². The standard InChI is InChI=1S/C15H20BrN3/c1-10(2)8-19-9-12(4)17-15(19)18-13-6-5-11(3)14(16)7-13/h5-7,9-10H,8H2,1-4H3,(H,17,18). The summed E-state index contributed by atoms with van der Waals surface area (Å²) in [6, 6.07) is 6.25. The molecule has 0 aliphatic carbocycles. The lowest BCUT2D eigenvalue weighted by molar-refractivity contribution is 0.527. The Balaban J connectivity index is 2.24. The third-order valence-electron chi connectivity index (χ3n) is 2.89. The predicted octanol–water partition coefficient (Wildman–Crippen LogP) is 4.66. The summed E-state index contributed by atoms with van der Waals surface area (Å²) < 4.78 is 3.28. The molecule has 19 heavy (non-hydrogen) atoms. The van der Waals surface area contributed by atoms with Crippen LogP contribution in [0.15, 0.2) is 28.9 Å². The van der Waals surface area contributed by atoms with Crippen LogP contribution in [-0.4, -0.2) is 9.55 Å². The quantitative estimate of drug-likeness (QED) is 0.887. The van der Waals surface area contributed by atoms with Gasteiger partial charge in [-0.25, -0.2) is 4.98 Å². The van der Waals surface area contributed by atoms with Gasteiger partial charge in [-0.3, -0.25) is 0 Å². The molecule has 1 aromatic heterocycles. The van der Waals surface area contributed by atoms with Gasteiger partial charge in [0.05, 0.1) is 5.69 Å². The van der Waals surface area contributed by atoms with Crippen molar-refractivity contribution in [3.8, 4) is 0 Å². The Labute approximate surface area is 123 Å². The second-order valence-corrected chi connectivity index (χ2v) is 6.20. The zero-order valence-corrected chi connectivity index (χ0v) is 13.5. The Bertz CT molecular complexity index is 573. The third-order valence-corrected chi connectivity index (χ3v) is 3.74. The van der Waals surface area contributed by atoms with E-state index >= 15 is 0 Å². The van der Waals surface area contributed by atoms with Crippen LogP contribution in [0.1, 0.15) is 25.1 Å². The zero-order valence-electron chi connectivity index (χ0n) is 11.9. The lowest BCUT2D eigenvalue weighted by atomic mass is 10.2. The fourth-order valence-electron chi connectivity index (χ4n) is 1.98. The van der Waals surface area contributed by atoms with E-state index in [9.17, 15) is 0 Å². The summed E-state index contributed by atoms with van der Waals surface area (Å²) in [5.41, 5.74) is 3.31. The van der Waals surface area contributed by atoms with Crippen molar-refractivity contribution in [3.05, 3.63) is 40.1 Å². The van der Waals surface area contributed by atoms with E-state index in [0.29, 0.717) is 5.92 Å². The first-order valence-electron chi connectivity index (χ1n) is 6.52. The monoisotopic (exact) mass is 321 g/mol. The van der Waals surface area contributed by atoms with E-state index in [0.717, 1.165) is 28.3 Å². The second kappa shape index (κ2) is 5.78. The number of nitrogens with zero attached hydrogens (tertiary/aromatic N) is 2. The molecule has 2 aromatic rings. The molecule has 0 amide bonds. The summed E-state index contributed by atoms with van der Waals surface area (Å²) in [6.07, 6.45) is 2.09. The first-order chi connectivity index (χ1) is 8.95. The first-order valence-corrected chi connectivity index (χ1v) is 7.32. The van der Waals surface area contributed by atoms with Gasteiger partial charge in [-0.05, 0) is 37.5 Å². The molecule has 0 bridgehead atoms. The van der Waals surface area contributed by atoms with Crippen molar-refractivity contribution >= 4 is 27.6 Å². The van der Waals surface area contributed by atoms with Crippen molar-refractivity contribution in [2.24, 2.45) is 5.92 Å². The summed E-state index contributed by atoms with van der Waals surface area (Å²) in [5.74, 6) is 1.50. The summed E-state index contributed by atoms with van der Waals surface area (Å²) in [7, 11) is 0. The van der Waals surface area contributed by atoms with Crippen LogP contribution in [0.3, 0.4) is 0 Å². The van der Waals surface area contributed by atoms with E-state index in [4.69, 9.17) is 0 Å². The normalized spacial score (nSPS) is 11.1. The highest BCUT2D eigenvalue weighted by molar-refractivity contribution is 9.10. The number of aromatic nitrogens is 2. The maximum Gasteiger partial charge on any atom is 0.207 e. The van der Waals surface area contributed by atoms with Crippen molar-refractivity contribution in [2.45, 2.75) is 34.2 Å². The Morgan fingerprint density at radius 3 is 2.68 bits per heavy atom.